The molecule has 0 radical (unpaired) electrons. The van der Waals surface area contributed by atoms with Gasteiger partial charge in [0.25, 0.3) is 0 Å². The van der Waals surface area contributed by atoms with Gasteiger partial charge in [0, 0.05) is 13.1 Å². The summed E-state index contributed by atoms with van der Waals surface area (Å²) >= 11 is 0. The maximum Gasteiger partial charge on any atom is 0.00444 e. The van der Waals surface area contributed by atoms with E-state index in [1.807, 2.05) is 7.05 Å². The highest BCUT2D eigenvalue weighted by atomic mass is 15.1. The van der Waals surface area contributed by atoms with Crippen molar-refractivity contribution in [2.75, 3.05) is 33.7 Å². The van der Waals surface area contributed by atoms with Crippen LogP contribution in [-0.2, 0) is 0 Å². The van der Waals surface area contributed by atoms with Crippen molar-refractivity contribution in [1.82, 2.24) is 10.2 Å². The zero-order valence-corrected chi connectivity index (χ0v) is 10.7. The molecule has 2 nitrogen and oxygen atoms in total. The Labute approximate surface area is 90.1 Å². The second-order valence-electron chi connectivity index (χ2n) is 4.83. The highest BCUT2D eigenvalue weighted by Gasteiger charge is 2.23. The summed E-state index contributed by atoms with van der Waals surface area (Å²) in [6.07, 6.45) is 3.83. The van der Waals surface area contributed by atoms with Crippen molar-refractivity contribution < 1.29 is 0 Å². The molecular formula is C12H28N2. The summed E-state index contributed by atoms with van der Waals surface area (Å²) in [5.74, 6) is 0. The van der Waals surface area contributed by atoms with Gasteiger partial charge in [0.05, 0.1) is 0 Å². The lowest BCUT2D eigenvalue weighted by Gasteiger charge is -2.33. The van der Waals surface area contributed by atoms with Crippen LogP contribution < -0.4 is 5.32 Å². The first-order valence-corrected chi connectivity index (χ1v) is 5.91. The average Bonchev–Trinajstić information content (AvgIpc) is 2.04. The van der Waals surface area contributed by atoms with Crippen LogP contribution in [0.25, 0.3) is 0 Å². The number of nitrogens with one attached hydrogen (secondary N) is 1. The third-order valence-electron chi connectivity index (χ3n) is 2.71. The van der Waals surface area contributed by atoms with Crippen molar-refractivity contribution in [2.24, 2.45) is 5.41 Å². The van der Waals surface area contributed by atoms with Crippen LogP contribution >= 0.6 is 0 Å². The van der Waals surface area contributed by atoms with Crippen LogP contribution in [0.2, 0.25) is 0 Å². The molecule has 0 aromatic carbocycles. The zero-order valence-electron chi connectivity index (χ0n) is 10.7. The first-order chi connectivity index (χ1) is 6.58. The second kappa shape index (κ2) is 7.24. The summed E-state index contributed by atoms with van der Waals surface area (Å²) in [5, 5.41) is 3.31. The highest BCUT2D eigenvalue weighted by Crippen LogP contribution is 2.23. The molecule has 0 aromatic heterocycles. The van der Waals surface area contributed by atoms with Gasteiger partial charge < -0.3 is 10.2 Å². The average molecular weight is 200 g/mol. The molecule has 0 bridgehead atoms. The van der Waals surface area contributed by atoms with E-state index in [2.05, 4.69) is 38.0 Å². The van der Waals surface area contributed by atoms with Crippen molar-refractivity contribution in [3.05, 3.63) is 0 Å². The Bertz CT molecular complexity index is 128. The fraction of sp³-hybridized carbons (Fsp3) is 1.00. The van der Waals surface area contributed by atoms with E-state index in [0.717, 1.165) is 6.54 Å². The molecule has 0 rings (SSSR count). The van der Waals surface area contributed by atoms with Gasteiger partial charge in [0.2, 0.25) is 0 Å². The highest BCUT2D eigenvalue weighted by molar-refractivity contribution is 4.79. The van der Waals surface area contributed by atoms with Crippen LogP contribution in [-0.4, -0.2) is 38.6 Å². The molecule has 1 atom stereocenters. The molecule has 0 saturated carbocycles. The van der Waals surface area contributed by atoms with Crippen LogP contribution in [0.1, 0.15) is 40.0 Å². The van der Waals surface area contributed by atoms with E-state index in [9.17, 15) is 0 Å². The molecule has 0 heterocycles. The predicted molar refractivity (Wildman–Crippen MR) is 64.7 cm³/mol. The first-order valence-electron chi connectivity index (χ1n) is 5.91. The largest absolute Gasteiger partial charge is 0.319 e. The SMILES string of the molecule is CCCN(C)CC(C)(CCC)CNC. The third-order valence-corrected chi connectivity index (χ3v) is 2.71. The van der Waals surface area contributed by atoms with E-state index in [1.165, 1.54) is 32.4 Å². The second-order valence-corrected chi connectivity index (χ2v) is 4.83. The molecule has 0 spiro atoms. The smallest absolute Gasteiger partial charge is 0.00444 e. The number of rotatable bonds is 8. The van der Waals surface area contributed by atoms with E-state index in [0.29, 0.717) is 5.41 Å². The molecule has 1 unspecified atom stereocenters. The number of nitrogens with zero attached hydrogens (tertiary/aromatic N) is 1. The summed E-state index contributed by atoms with van der Waals surface area (Å²) in [7, 11) is 4.28. The molecule has 2 heteroatoms. The Kier molecular flexibility index (Phi) is 7.20. The molecular weight excluding hydrogens is 172 g/mol. The molecule has 0 saturated heterocycles. The van der Waals surface area contributed by atoms with Crippen molar-refractivity contribution >= 4 is 0 Å². The molecule has 0 fully saturated rings. The van der Waals surface area contributed by atoms with E-state index >= 15 is 0 Å². The summed E-state index contributed by atoms with van der Waals surface area (Å²) in [4.78, 5) is 2.45. The van der Waals surface area contributed by atoms with Crippen molar-refractivity contribution in [3.63, 3.8) is 0 Å². The minimum absolute atomic E-state index is 0.438. The number of hydrogen-bond donors (Lipinski definition) is 1. The molecule has 0 aliphatic rings. The van der Waals surface area contributed by atoms with Gasteiger partial charge in [-0.2, -0.15) is 0 Å². The fourth-order valence-corrected chi connectivity index (χ4v) is 2.37. The van der Waals surface area contributed by atoms with Crippen molar-refractivity contribution in [3.8, 4) is 0 Å². The lowest BCUT2D eigenvalue weighted by atomic mass is 9.85. The summed E-state index contributed by atoms with van der Waals surface area (Å²) < 4.78 is 0. The number of hydrogen-bond acceptors (Lipinski definition) is 2. The Morgan fingerprint density at radius 1 is 1.21 bits per heavy atom. The van der Waals surface area contributed by atoms with Gasteiger partial charge in [-0.25, -0.2) is 0 Å². The monoisotopic (exact) mass is 200 g/mol. The van der Waals surface area contributed by atoms with Gasteiger partial charge in [-0.05, 0) is 38.9 Å². The molecule has 86 valence electrons. The molecule has 14 heavy (non-hydrogen) atoms. The predicted octanol–water partition coefficient (Wildman–Crippen LogP) is 2.35. The van der Waals surface area contributed by atoms with Crippen LogP contribution in [0.4, 0.5) is 0 Å². The van der Waals surface area contributed by atoms with E-state index < -0.39 is 0 Å². The Hall–Kier alpha value is -0.0800. The maximum atomic E-state index is 3.31. The van der Waals surface area contributed by atoms with Gasteiger partial charge in [-0.1, -0.05) is 27.2 Å². The first kappa shape index (κ1) is 13.9. The minimum atomic E-state index is 0.438. The van der Waals surface area contributed by atoms with Gasteiger partial charge in [-0.3, -0.25) is 0 Å². The standard InChI is InChI=1S/C12H28N2/c1-6-8-12(3,10-13-4)11-14(5)9-7-2/h13H,6-11H2,1-5H3. The topological polar surface area (TPSA) is 15.3 Å². The van der Waals surface area contributed by atoms with Gasteiger partial charge in [0.15, 0.2) is 0 Å². The Morgan fingerprint density at radius 3 is 2.29 bits per heavy atom. The quantitative estimate of drug-likeness (QED) is 0.647. The van der Waals surface area contributed by atoms with Crippen LogP contribution in [0, 0.1) is 5.41 Å². The lowest BCUT2D eigenvalue weighted by Crippen LogP contribution is -2.40. The minimum Gasteiger partial charge on any atom is -0.319 e. The summed E-state index contributed by atoms with van der Waals surface area (Å²) in [6, 6.07) is 0. The lowest BCUT2D eigenvalue weighted by molar-refractivity contribution is 0.176. The molecule has 0 aliphatic carbocycles. The summed E-state index contributed by atoms with van der Waals surface area (Å²) in [6.45, 7) is 10.4. The van der Waals surface area contributed by atoms with Crippen LogP contribution in [0.3, 0.4) is 0 Å². The molecule has 0 aromatic rings. The van der Waals surface area contributed by atoms with Gasteiger partial charge >= 0.3 is 0 Å². The van der Waals surface area contributed by atoms with Crippen LogP contribution in [0.15, 0.2) is 0 Å². The zero-order chi connectivity index (χ0) is 11.0. The molecule has 1 N–H and O–H groups in total. The van der Waals surface area contributed by atoms with Gasteiger partial charge in [-0.15, -0.1) is 0 Å². The maximum absolute atomic E-state index is 3.31. The normalized spacial score (nSPS) is 15.9. The molecule has 0 aliphatic heterocycles. The van der Waals surface area contributed by atoms with Crippen molar-refractivity contribution in [2.45, 2.75) is 40.0 Å². The van der Waals surface area contributed by atoms with Crippen molar-refractivity contribution in [1.29, 1.82) is 0 Å². The van der Waals surface area contributed by atoms with E-state index in [-0.39, 0.29) is 0 Å². The van der Waals surface area contributed by atoms with Gasteiger partial charge in [0.1, 0.15) is 0 Å². The Morgan fingerprint density at radius 2 is 1.86 bits per heavy atom. The fourth-order valence-electron chi connectivity index (χ4n) is 2.37. The summed E-state index contributed by atoms with van der Waals surface area (Å²) in [5.41, 5.74) is 0.438. The third kappa shape index (κ3) is 5.61. The van der Waals surface area contributed by atoms with Crippen LogP contribution in [0.5, 0.6) is 0 Å². The Balaban J connectivity index is 4.05. The molecule has 0 amide bonds. The van der Waals surface area contributed by atoms with E-state index in [4.69, 9.17) is 0 Å². The van der Waals surface area contributed by atoms with E-state index in [1.54, 1.807) is 0 Å².